The minimum Gasteiger partial charge on any atom is -0.355 e. The van der Waals surface area contributed by atoms with Crippen molar-refractivity contribution in [2.45, 2.75) is 20.8 Å². The maximum Gasteiger partial charge on any atom is 0.314 e. The average Bonchev–Trinajstić information content (AvgIpc) is 2.37. The Morgan fingerprint density at radius 3 is 2.63 bits per heavy atom. The summed E-state index contributed by atoms with van der Waals surface area (Å²) >= 11 is 0. The second-order valence-electron chi connectivity index (χ2n) is 4.00. The molecule has 0 aliphatic heterocycles. The fourth-order valence-electron chi connectivity index (χ4n) is 1.76. The van der Waals surface area contributed by atoms with E-state index in [1.54, 1.807) is 17.9 Å². The number of rotatable bonds is 6. The van der Waals surface area contributed by atoms with E-state index in [1.807, 2.05) is 13.8 Å². The van der Waals surface area contributed by atoms with E-state index in [0.29, 0.717) is 18.7 Å². The standard InChI is InChI=1S/C12H18N4O3/c1-4-15(5-2)10(17)8-14-12-11(16(18)19)9(3)6-7-13-12/h6-7H,4-5,8H2,1-3H3,(H,13,14). The summed E-state index contributed by atoms with van der Waals surface area (Å²) < 4.78 is 0. The number of carbonyl (C=O) groups is 1. The molecule has 0 aliphatic rings. The van der Waals surface area contributed by atoms with Gasteiger partial charge in [-0.1, -0.05) is 0 Å². The van der Waals surface area contributed by atoms with Crippen molar-refractivity contribution in [3.63, 3.8) is 0 Å². The van der Waals surface area contributed by atoms with E-state index in [1.165, 1.54) is 6.20 Å². The number of nitrogens with one attached hydrogen (secondary N) is 1. The Bertz CT molecular complexity index is 472. The largest absolute Gasteiger partial charge is 0.355 e. The van der Waals surface area contributed by atoms with Crippen LogP contribution in [0.2, 0.25) is 0 Å². The number of nitro groups is 1. The number of hydrogen-bond donors (Lipinski definition) is 1. The Hall–Kier alpha value is -2.18. The van der Waals surface area contributed by atoms with Gasteiger partial charge in [-0.15, -0.1) is 0 Å². The lowest BCUT2D eigenvalue weighted by Gasteiger charge is -2.18. The number of anilines is 1. The van der Waals surface area contributed by atoms with Gasteiger partial charge in [0.15, 0.2) is 0 Å². The average molecular weight is 266 g/mol. The molecule has 0 spiro atoms. The number of nitrogens with zero attached hydrogens (tertiary/aromatic N) is 3. The highest BCUT2D eigenvalue weighted by molar-refractivity contribution is 5.81. The van der Waals surface area contributed by atoms with E-state index >= 15 is 0 Å². The van der Waals surface area contributed by atoms with Gasteiger partial charge < -0.3 is 10.2 Å². The van der Waals surface area contributed by atoms with Gasteiger partial charge in [-0.3, -0.25) is 14.9 Å². The first-order valence-corrected chi connectivity index (χ1v) is 6.12. The van der Waals surface area contributed by atoms with E-state index in [9.17, 15) is 14.9 Å². The summed E-state index contributed by atoms with van der Waals surface area (Å²) in [6, 6.07) is 1.57. The molecule has 7 heteroatoms. The van der Waals surface area contributed by atoms with Gasteiger partial charge in [0, 0.05) is 24.8 Å². The SMILES string of the molecule is CCN(CC)C(=O)CNc1nccc(C)c1[N+](=O)[O-]. The Morgan fingerprint density at radius 2 is 2.11 bits per heavy atom. The Kier molecular flexibility index (Phi) is 5.23. The fraction of sp³-hybridized carbons (Fsp3) is 0.500. The molecule has 104 valence electrons. The smallest absolute Gasteiger partial charge is 0.314 e. The highest BCUT2D eigenvalue weighted by Crippen LogP contribution is 2.25. The maximum absolute atomic E-state index is 11.8. The van der Waals surface area contributed by atoms with Gasteiger partial charge in [-0.2, -0.15) is 0 Å². The maximum atomic E-state index is 11.8. The molecule has 0 aromatic carbocycles. The Balaban J connectivity index is 2.81. The van der Waals surface area contributed by atoms with Gasteiger partial charge in [0.2, 0.25) is 11.7 Å². The highest BCUT2D eigenvalue weighted by atomic mass is 16.6. The van der Waals surface area contributed by atoms with Gasteiger partial charge in [0.1, 0.15) is 0 Å². The molecule has 7 nitrogen and oxygen atoms in total. The van der Waals surface area contributed by atoms with Crippen LogP contribution >= 0.6 is 0 Å². The van der Waals surface area contributed by atoms with Crippen molar-refractivity contribution >= 4 is 17.4 Å². The van der Waals surface area contributed by atoms with Crippen LogP contribution in [-0.4, -0.2) is 40.3 Å². The molecule has 0 radical (unpaired) electrons. The molecule has 0 fully saturated rings. The van der Waals surface area contributed by atoms with Crippen molar-refractivity contribution in [2.24, 2.45) is 0 Å². The van der Waals surface area contributed by atoms with Crippen LogP contribution in [0.5, 0.6) is 0 Å². The molecule has 0 aliphatic carbocycles. The van der Waals surface area contributed by atoms with Crippen LogP contribution in [0.3, 0.4) is 0 Å². The number of aryl methyl sites for hydroxylation is 1. The number of amides is 1. The lowest BCUT2D eigenvalue weighted by atomic mass is 10.2. The number of pyridine rings is 1. The summed E-state index contributed by atoms with van der Waals surface area (Å²) in [6.07, 6.45) is 1.48. The number of aromatic nitrogens is 1. The predicted molar refractivity (Wildman–Crippen MR) is 72.0 cm³/mol. The molecule has 1 rings (SSSR count). The third-order valence-corrected chi connectivity index (χ3v) is 2.83. The third-order valence-electron chi connectivity index (χ3n) is 2.83. The highest BCUT2D eigenvalue weighted by Gasteiger charge is 2.19. The van der Waals surface area contributed by atoms with E-state index in [-0.39, 0.29) is 24.0 Å². The molecule has 0 saturated heterocycles. The molecular formula is C12H18N4O3. The van der Waals surface area contributed by atoms with Crippen LogP contribution in [0, 0.1) is 17.0 Å². The van der Waals surface area contributed by atoms with E-state index in [4.69, 9.17) is 0 Å². The molecule has 1 amide bonds. The molecule has 1 aromatic heterocycles. The van der Waals surface area contributed by atoms with Crippen molar-refractivity contribution in [3.8, 4) is 0 Å². The summed E-state index contributed by atoms with van der Waals surface area (Å²) in [5.41, 5.74) is 0.424. The molecule has 0 atom stereocenters. The molecule has 1 N–H and O–H groups in total. The normalized spacial score (nSPS) is 10.1. The van der Waals surface area contributed by atoms with Crippen molar-refractivity contribution in [1.29, 1.82) is 0 Å². The zero-order valence-corrected chi connectivity index (χ0v) is 11.3. The van der Waals surface area contributed by atoms with E-state index < -0.39 is 4.92 Å². The Labute approximate surface area is 111 Å². The summed E-state index contributed by atoms with van der Waals surface area (Å²) in [4.78, 5) is 27.8. The van der Waals surface area contributed by atoms with E-state index in [2.05, 4.69) is 10.3 Å². The first-order chi connectivity index (χ1) is 9.01. The number of carbonyl (C=O) groups excluding carboxylic acids is 1. The number of likely N-dealkylation sites (N-methyl/N-ethyl adjacent to an activating group) is 1. The first kappa shape index (κ1) is 14.9. The molecule has 0 saturated carbocycles. The second kappa shape index (κ2) is 6.67. The van der Waals surface area contributed by atoms with Crippen molar-refractivity contribution in [2.75, 3.05) is 25.0 Å². The Morgan fingerprint density at radius 1 is 1.47 bits per heavy atom. The summed E-state index contributed by atoms with van der Waals surface area (Å²) in [5.74, 6) is 0.0214. The predicted octanol–water partition coefficient (Wildman–Crippen LogP) is 1.58. The van der Waals surface area contributed by atoms with Crippen molar-refractivity contribution < 1.29 is 9.72 Å². The molecule has 0 bridgehead atoms. The lowest BCUT2D eigenvalue weighted by Crippen LogP contribution is -2.35. The number of hydrogen-bond acceptors (Lipinski definition) is 5. The van der Waals surface area contributed by atoms with Gasteiger partial charge in [-0.25, -0.2) is 4.98 Å². The molecule has 1 aromatic rings. The van der Waals surface area contributed by atoms with Crippen LogP contribution in [0.4, 0.5) is 11.5 Å². The zero-order chi connectivity index (χ0) is 14.4. The van der Waals surface area contributed by atoms with Crippen molar-refractivity contribution in [1.82, 2.24) is 9.88 Å². The lowest BCUT2D eigenvalue weighted by molar-refractivity contribution is -0.384. The van der Waals surface area contributed by atoms with Gasteiger partial charge >= 0.3 is 5.69 Å². The van der Waals surface area contributed by atoms with Crippen LogP contribution in [0.15, 0.2) is 12.3 Å². The van der Waals surface area contributed by atoms with E-state index in [0.717, 1.165) is 0 Å². The van der Waals surface area contributed by atoms with Crippen LogP contribution in [0.25, 0.3) is 0 Å². The van der Waals surface area contributed by atoms with Crippen LogP contribution in [0.1, 0.15) is 19.4 Å². The quantitative estimate of drug-likeness (QED) is 0.623. The summed E-state index contributed by atoms with van der Waals surface area (Å²) in [7, 11) is 0. The van der Waals surface area contributed by atoms with Crippen LogP contribution < -0.4 is 5.32 Å². The summed E-state index contributed by atoms with van der Waals surface area (Å²) in [6.45, 7) is 6.63. The minimum atomic E-state index is -0.493. The fourth-order valence-corrected chi connectivity index (χ4v) is 1.76. The topological polar surface area (TPSA) is 88.4 Å². The monoisotopic (exact) mass is 266 g/mol. The van der Waals surface area contributed by atoms with Crippen molar-refractivity contribution in [3.05, 3.63) is 27.9 Å². The molecule has 1 heterocycles. The first-order valence-electron chi connectivity index (χ1n) is 6.12. The zero-order valence-electron chi connectivity index (χ0n) is 11.3. The molecule has 0 unspecified atom stereocenters. The van der Waals surface area contributed by atoms with Crippen LogP contribution in [-0.2, 0) is 4.79 Å². The van der Waals surface area contributed by atoms with Gasteiger partial charge in [-0.05, 0) is 26.8 Å². The third kappa shape index (κ3) is 3.64. The van der Waals surface area contributed by atoms with Gasteiger partial charge in [0.05, 0.1) is 11.5 Å². The van der Waals surface area contributed by atoms with Gasteiger partial charge in [0.25, 0.3) is 0 Å². The molecule has 19 heavy (non-hydrogen) atoms. The molecular weight excluding hydrogens is 248 g/mol. The minimum absolute atomic E-state index is 0.00102. The summed E-state index contributed by atoms with van der Waals surface area (Å²) in [5, 5.41) is 13.7. The second-order valence-corrected chi connectivity index (χ2v) is 4.00.